The van der Waals surface area contributed by atoms with Crippen molar-refractivity contribution in [1.29, 1.82) is 0 Å². The van der Waals surface area contributed by atoms with Crippen LogP contribution in [-0.2, 0) is 14.3 Å². The zero-order valence-corrected chi connectivity index (χ0v) is 49.6. The maximum absolute atomic E-state index is 12.5. The third kappa shape index (κ3) is 59.1. The molecular weight excluding hydrogens is 911 g/mol. The lowest BCUT2D eigenvalue weighted by molar-refractivity contribution is -0.143. The number of amides is 1. The van der Waals surface area contributed by atoms with Gasteiger partial charge in [0.25, 0.3) is 0 Å². The summed E-state index contributed by atoms with van der Waals surface area (Å²) >= 11 is 0. The van der Waals surface area contributed by atoms with E-state index in [-0.39, 0.29) is 18.5 Å². The third-order valence-electron chi connectivity index (χ3n) is 15.1. The molecule has 3 N–H and O–H groups in total. The van der Waals surface area contributed by atoms with Gasteiger partial charge >= 0.3 is 5.97 Å². The number of allylic oxidation sites excluding steroid dienone is 7. The normalized spacial score (nSPS) is 12.9. The molecule has 0 aliphatic heterocycles. The van der Waals surface area contributed by atoms with Gasteiger partial charge in [-0.2, -0.15) is 0 Å². The summed E-state index contributed by atoms with van der Waals surface area (Å²) in [6.45, 7) is 4.89. The number of carbonyl (C=O) groups excluding carboxylic acids is 2. The van der Waals surface area contributed by atoms with Gasteiger partial charge < -0.3 is 20.3 Å². The molecule has 0 saturated carbocycles. The van der Waals surface area contributed by atoms with Crippen LogP contribution in [0.3, 0.4) is 0 Å². The average Bonchev–Trinajstić information content (AvgIpc) is 3.40. The number of ether oxygens (including phenoxy) is 1. The molecule has 0 rings (SSSR count). The molecule has 0 aromatic rings. The highest BCUT2D eigenvalue weighted by atomic mass is 16.5. The first kappa shape index (κ1) is 71.8. The molecule has 74 heavy (non-hydrogen) atoms. The molecule has 0 aliphatic rings. The van der Waals surface area contributed by atoms with E-state index in [2.05, 4.69) is 55.6 Å². The highest BCUT2D eigenvalue weighted by Gasteiger charge is 2.18. The van der Waals surface area contributed by atoms with Crippen molar-refractivity contribution in [3.63, 3.8) is 0 Å². The maximum Gasteiger partial charge on any atom is 0.305 e. The minimum Gasteiger partial charge on any atom is -0.466 e. The van der Waals surface area contributed by atoms with E-state index in [1.165, 1.54) is 263 Å². The van der Waals surface area contributed by atoms with E-state index in [1.807, 2.05) is 6.08 Å². The van der Waals surface area contributed by atoms with Crippen LogP contribution in [0.15, 0.2) is 48.6 Å². The predicted molar refractivity (Wildman–Crippen MR) is 324 cm³/mol. The van der Waals surface area contributed by atoms with Crippen molar-refractivity contribution in [2.75, 3.05) is 13.2 Å². The highest BCUT2D eigenvalue weighted by Crippen LogP contribution is 2.17. The molecule has 0 fully saturated rings. The Bertz CT molecular complexity index is 1240. The van der Waals surface area contributed by atoms with Gasteiger partial charge in [0.05, 0.1) is 25.4 Å². The molecule has 2 atom stereocenters. The van der Waals surface area contributed by atoms with Crippen molar-refractivity contribution >= 4 is 11.9 Å². The molecule has 1 amide bonds. The number of hydrogen-bond donors (Lipinski definition) is 3. The monoisotopic (exact) mass is 1040 g/mol. The summed E-state index contributed by atoms with van der Waals surface area (Å²) in [6, 6.07) is -0.636. The summed E-state index contributed by atoms with van der Waals surface area (Å²) in [6.07, 6.45) is 81.6. The number of carbonyl (C=O) groups is 2. The summed E-state index contributed by atoms with van der Waals surface area (Å²) in [5, 5.41) is 23.2. The molecule has 0 saturated heterocycles. The van der Waals surface area contributed by atoms with E-state index in [9.17, 15) is 19.8 Å². The molecule has 0 spiro atoms. The summed E-state index contributed by atoms with van der Waals surface area (Å²) < 4.78 is 5.48. The lowest BCUT2D eigenvalue weighted by Crippen LogP contribution is -2.45. The van der Waals surface area contributed by atoms with Crippen molar-refractivity contribution in [2.45, 2.75) is 360 Å². The second kappa shape index (κ2) is 63.4. The van der Waals surface area contributed by atoms with Gasteiger partial charge in [-0.25, -0.2) is 0 Å². The predicted octanol–water partition coefficient (Wildman–Crippen LogP) is 20.9. The lowest BCUT2D eigenvalue weighted by atomic mass is 10.0. The summed E-state index contributed by atoms with van der Waals surface area (Å²) in [5.41, 5.74) is 0. The van der Waals surface area contributed by atoms with E-state index >= 15 is 0 Å². The molecule has 434 valence electrons. The Morgan fingerprint density at radius 2 is 0.676 bits per heavy atom. The fraction of sp³-hybridized carbons (Fsp3) is 0.853. The molecule has 0 bridgehead atoms. The Hall–Kier alpha value is -2.18. The minimum atomic E-state index is -0.852. The number of unbranched alkanes of at least 4 members (excludes halogenated alkanes) is 44. The van der Waals surface area contributed by atoms with Crippen LogP contribution in [0.1, 0.15) is 348 Å². The van der Waals surface area contributed by atoms with Gasteiger partial charge in [-0.05, 0) is 89.9 Å². The molecule has 6 nitrogen and oxygen atoms in total. The number of hydrogen-bond acceptors (Lipinski definition) is 5. The lowest BCUT2D eigenvalue weighted by Gasteiger charge is -2.20. The number of esters is 1. The largest absolute Gasteiger partial charge is 0.466 e. The molecular formula is C68H127NO5. The molecule has 0 aliphatic carbocycles. The van der Waals surface area contributed by atoms with Crippen molar-refractivity contribution in [2.24, 2.45) is 0 Å². The molecule has 0 aromatic heterocycles. The first-order chi connectivity index (χ1) is 36.5. The van der Waals surface area contributed by atoms with Gasteiger partial charge in [-0.3, -0.25) is 9.59 Å². The number of rotatable bonds is 61. The van der Waals surface area contributed by atoms with E-state index in [4.69, 9.17) is 4.74 Å². The Kier molecular flexibility index (Phi) is 61.5. The second-order valence-electron chi connectivity index (χ2n) is 22.4. The Balaban J connectivity index is 3.47. The van der Waals surface area contributed by atoms with Crippen LogP contribution in [-0.4, -0.2) is 47.4 Å². The Labute approximate surface area is 461 Å². The van der Waals surface area contributed by atoms with E-state index < -0.39 is 12.1 Å². The number of aliphatic hydroxyl groups is 2. The summed E-state index contributed by atoms with van der Waals surface area (Å²) in [5.74, 6) is -0.0825. The molecule has 0 heterocycles. The van der Waals surface area contributed by atoms with Crippen LogP contribution >= 0.6 is 0 Å². The van der Waals surface area contributed by atoms with E-state index in [1.54, 1.807) is 6.08 Å². The zero-order valence-electron chi connectivity index (χ0n) is 49.6. The quantitative estimate of drug-likeness (QED) is 0.0320. The van der Waals surface area contributed by atoms with Crippen LogP contribution in [0.25, 0.3) is 0 Å². The van der Waals surface area contributed by atoms with E-state index in [0.717, 1.165) is 57.8 Å². The first-order valence-electron chi connectivity index (χ1n) is 32.9. The van der Waals surface area contributed by atoms with Gasteiger partial charge in [-0.1, -0.05) is 294 Å². The topological polar surface area (TPSA) is 95.9 Å². The number of nitrogens with one attached hydrogen (secondary N) is 1. The molecule has 2 unspecified atom stereocenters. The highest BCUT2D eigenvalue weighted by molar-refractivity contribution is 5.76. The minimum absolute atomic E-state index is 0.00786. The van der Waals surface area contributed by atoms with Crippen LogP contribution in [0.5, 0.6) is 0 Å². The molecule has 0 aromatic carbocycles. The van der Waals surface area contributed by atoms with Crippen LogP contribution in [0, 0.1) is 0 Å². The fourth-order valence-corrected chi connectivity index (χ4v) is 10.0. The molecule has 0 radical (unpaired) electrons. The summed E-state index contributed by atoms with van der Waals surface area (Å²) in [7, 11) is 0. The molecule has 6 heteroatoms. The Morgan fingerprint density at radius 3 is 1.05 bits per heavy atom. The maximum atomic E-state index is 12.5. The van der Waals surface area contributed by atoms with Crippen LogP contribution in [0.2, 0.25) is 0 Å². The second-order valence-corrected chi connectivity index (χ2v) is 22.4. The van der Waals surface area contributed by atoms with Crippen molar-refractivity contribution in [1.82, 2.24) is 5.32 Å². The van der Waals surface area contributed by atoms with Gasteiger partial charge in [0.1, 0.15) is 0 Å². The average molecular weight is 1040 g/mol. The van der Waals surface area contributed by atoms with Gasteiger partial charge in [-0.15, -0.1) is 0 Å². The zero-order chi connectivity index (χ0) is 53.6. The standard InChI is InChI=1S/C68H127NO5/c1-3-5-7-9-11-13-15-17-19-21-22-23-26-29-32-36-40-44-48-52-56-60-66(71)65(64-70)69-67(72)61-57-53-49-45-41-37-33-30-27-24-25-28-31-35-39-43-47-51-55-59-63-74-68(73)62-58-54-50-46-42-38-34-20-18-16-14-12-10-8-6-4-2/h14,16,20,24,27,34,56,60,65-66,70-71H,3-13,15,17-19,21-23,25-26,28-33,35-55,57-59,61-64H2,1-2H3,(H,69,72)/b16-14-,27-24-,34-20-,60-56+. The fourth-order valence-electron chi connectivity index (χ4n) is 10.0. The van der Waals surface area contributed by atoms with E-state index in [0.29, 0.717) is 19.4 Å². The number of aliphatic hydroxyl groups excluding tert-OH is 2. The van der Waals surface area contributed by atoms with Gasteiger partial charge in [0.2, 0.25) is 5.91 Å². The van der Waals surface area contributed by atoms with Crippen LogP contribution < -0.4 is 5.32 Å². The van der Waals surface area contributed by atoms with Crippen molar-refractivity contribution in [3.05, 3.63) is 48.6 Å². The smallest absolute Gasteiger partial charge is 0.305 e. The van der Waals surface area contributed by atoms with Crippen LogP contribution in [0.4, 0.5) is 0 Å². The van der Waals surface area contributed by atoms with Gasteiger partial charge in [0.15, 0.2) is 0 Å². The first-order valence-corrected chi connectivity index (χ1v) is 32.9. The van der Waals surface area contributed by atoms with Gasteiger partial charge in [0, 0.05) is 12.8 Å². The third-order valence-corrected chi connectivity index (χ3v) is 15.1. The van der Waals surface area contributed by atoms with Crippen molar-refractivity contribution < 1.29 is 24.5 Å². The Morgan fingerprint density at radius 1 is 0.378 bits per heavy atom. The SMILES string of the molecule is CCCCCC/C=C\C/C=C\CCCCCCCC(=O)OCCCCCCCCCCC/C=C\CCCCCCCCCC(=O)NC(CO)C(O)/C=C/CCCCCCCCCCCCCCCCCCCCC. The van der Waals surface area contributed by atoms with Crippen molar-refractivity contribution in [3.8, 4) is 0 Å². The summed E-state index contributed by atoms with van der Waals surface area (Å²) in [4.78, 5) is 24.6.